The smallest absolute Gasteiger partial charge is 0.124 e. The summed E-state index contributed by atoms with van der Waals surface area (Å²) in [7, 11) is 0. The van der Waals surface area contributed by atoms with E-state index >= 15 is 0 Å². The van der Waals surface area contributed by atoms with Gasteiger partial charge >= 0.3 is 0 Å². The van der Waals surface area contributed by atoms with Crippen molar-refractivity contribution in [1.29, 1.82) is 0 Å². The Balaban J connectivity index is 2.08. The first kappa shape index (κ1) is 11.5. The number of aryl methyl sites for hydroxylation is 1. The van der Waals surface area contributed by atoms with Gasteiger partial charge in [0.15, 0.2) is 0 Å². The number of hydrogen-bond donors (Lipinski definition) is 1. The molecule has 0 spiro atoms. The molecule has 84 valence electrons. The first-order valence-corrected chi connectivity index (χ1v) is 6.42. The number of anilines is 1. The van der Waals surface area contributed by atoms with Gasteiger partial charge in [-0.15, -0.1) is 11.3 Å². The molecule has 0 radical (unpaired) electrons. The number of benzene rings is 1. The number of thiazole rings is 1. The van der Waals surface area contributed by atoms with Crippen LogP contribution >= 0.6 is 27.3 Å². The van der Waals surface area contributed by atoms with Crippen LogP contribution in [0.1, 0.15) is 10.6 Å². The van der Waals surface area contributed by atoms with Crippen LogP contribution < -0.4 is 5.32 Å². The molecule has 16 heavy (non-hydrogen) atoms. The fourth-order valence-corrected chi connectivity index (χ4v) is 2.51. The van der Waals surface area contributed by atoms with Crippen LogP contribution in [0.3, 0.4) is 0 Å². The lowest BCUT2D eigenvalue weighted by atomic mass is 10.3. The molecule has 2 aromatic rings. The fraction of sp³-hybridized carbons (Fsp3) is 0.182. The molecule has 0 atom stereocenters. The lowest BCUT2D eigenvalue weighted by Gasteiger charge is -2.07. The lowest BCUT2D eigenvalue weighted by Crippen LogP contribution is -1.99. The van der Waals surface area contributed by atoms with E-state index < -0.39 is 0 Å². The largest absolute Gasteiger partial charge is 0.379 e. The van der Waals surface area contributed by atoms with Crippen LogP contribution in [0.15, 0.2) is 28.2 Å². The highest BCUT2D eigenvalue weighted by Crippen LogP contribution is 2.24. The Bertz CT molecular complexity index is 498. The monoisotopic (exact) mass is 300 g/mol. The predicted molar refractivity (Wildman–Crippen MR) is 68.3 cm³/mol. The zero-order valence-corrected chi connectivity index (χ0v) is 11.0. The van der Waals surface area contributed by atoms with Crippen molar-refractivity contribution in [2.24, 2.45) is 0 Å². The van der Waals surface area contributed by atoms with Gasteiger partial charge in [0, 0.05) is 15.0 Å². The highest BCUT2D eigenvalue weighted by molar-refractivity contribution is 9.10. The van der Waals surface area contributed by atoms with Crippen LogP contribution in [0.2, 0.25) is 0 Å². The average molecular weight is 301 g/mol. The zero-order valence-electron chi connectivity index (χ0n) is 8.63. The van der Waals surface area contributed by atoms with Crippen LogP contribution in [0, 0.1) is 12.7 Å². The minimum Gasteiger partial charge on any atom is -0.379 e. The summed E-state index contributed by atoms with van der Waals surface area (Å²) < 4.78 is 13.6. The summed E-state index contributed by atoms with van der Waals surface area (Å²) >= 11 is 4.93. The number of hydrogen-bond acceptors (Lipinski definition) is 3. The van der Waals surface area contributed by atoms with E-state index in [9.17, 15) is 4.39 Å². The van der Waals surface area contributed by atoms with Gasteiger partial charge in [0.1, 0.15) is 5.82 Å². The first-order chi connectivity index (χ1) is 7.66. The van der Waals surface area contributed by atoms with E-state index in [1.807, 2.05) is 12.4 Å². The molecular weight excluding hydrogens is 291 g/mol. The summed E-state index contributed by atoms with van der Waals surface area (Å²) in [6, 6.07) is 4.60. The second kappa shape index (κ2) is 4.93. The van der Waals surface area contributed by atoms with Crippen molar-refractivity contribution in [3.63, 3.8) is 0 Å². The van der Waals surface area contributed by atoms with Crippen molar-refractivity contribution in [2.75, 3.05) is 5.32 Å². The Morgan fingerprint density at radius 2 is 2.31 bits per heavy atom. The van der Waals surface area contributed by atoms with Gasteiger partial charge in [0.05, 0.1) is 17.7 Å². The van der Waals surface area contributed by atoms with E-state index in [1.54, 1.807) is 17.4 Å². The second-order valence-corrected chi connectivity index (χ2v) is 5.13. The van der Waals surface area contributed by atoms with E-state index in [0.29, 0.717) is 6.54 Å². The van der Waals surface area contributed by atoms with Gasteiger partial charge in [-0.25, -0.2) is 9.37 Å². The molecule has 0 saturated heterocycles. The molecule has 1 aromatic carbocycles. The normalized spacial score (nSPS) is 10.4. The zero-order chi connectivity index (χ0) is 11.5. The standard InChI is InChI=1S/C11H10BrFN2S/c1-7-11(16-6-15-7)5-14-10-3-2-8(13)4-9(10)12/h2-4,6,14H,5H2,1H3. The van der Waals surface area contributed by atoms with Gasteiger partial charge in [-0.1, -0.05) is 0 Å². The fourth-order valence-electron chi connectivity index (χ4n) is 1.30. The summed E-state index contributed by atoms with van der Waals surface area (Å²) in [5.74, 6) is -0.244. The molecular formula is C11H10BrFN2S. The minimum absolute atomic E-state index is 0.244. The Labute approximate surface area is 106 Å². The van der Waals surface area contributed by atoms with Crippen molar-refractivity contribution in [1.82, 2.24) is 4.98 Å². The number of halogens is 2. The minimum atomic E-state index is -0.244. The number of rotatable bonds is 3. The van der Waals surface area contributed by atoms with E-state index in [-0.39, 0.29) is 5.82 Å². The third-order valence-corrected chi connectivity index (χ3v) is 3.81. The summed E-state index contributed by atoms with van der Waals surface area (Å²) in [5.41, 5.74) is 3.75. The van der Waals surface area contributed by atoms with Crippen molar-refractivity contribution in [3.8, 4) is 0 Å². The third kappa shape index (κ3) is 2.59. The van der Waals surface area contributed by atoms with E-state index in [0.717, 1.165) is 15.9 Å². The quantitative estimate of drug-likeness (QED) is 0.928. The topological polar surface area (TPSA) is 24.9 Å². The van der Waals surface area contributed by atoms with Crippen LogP contribution in [-0.2, 0) is 6.54 Å². The van der Waals surface area contributed by atoms with Gasteiger partial charge < -0.3 is 5.32 Å². The maximum atomic E-state index is 12.9. The summed E-state index contributed by atoms with van der Waals surface area (Å²) in [5, 5.41) is 3.24. The van der Waals surface area contributed by atoms with E-state index in [1.165, 1.54) is 17.0 Å². The third-order valence-electron chi connectivity index (χ3n) is 2.22. The number of nitrogens with one attached hydrogen (secondary N) is 1. The van der Waals surface area contributed by atoms with Crippen LogP contribution in [0.5, 0.6) is 0 Å². The van der Waals surface area contributed by atoms with Gasteiger partial charge in [0.2, 0.25) is 0 Å². The molecule has 5 heteroatoms. The van der Waals surface area contributed by atoms with Crippen molar-refractivity contribution < 1.29 is 4.39 Å². The second-order valence-electron chi connectivity index (χ2n) is 3.34. The highest BCUT2D eigenvalue weighted by atomic mass is 79.9. The number of nitrogens with zero attached hydrogens (tertiary/aromatic N) is 1. The molecule has 0 amide bonds. The average Bonchev–Trinajstić information content (AvgIpc) is 2.63. The summed E-state index contributed by atoms with van der Waals surface area (Å²) in [6.45, 7) is 2.69. The Hall–Kier alpha value is -0.940. The predicted octanol–water partition coefficient (Wildman–Crippen LogP) is 3.97. The lowest BCUT2D eigenvalue weighted by molar-refractivity contribution is 0.627. The molecule has 1 heterocycles. The van der Waals surface area contributed by atoms with Gasteiger partial charge in [0.25, 0.3) is 0 Å². The van der Waals surface area contributed by atoms with Crippen LogP contribution in [0.4, 0.5) is 10.1 Å². The molecule has 2 rings (SSSR count). The summed E-state index contributed by atoms with van der Waals surface area (Å²) in [4.78, 5) is 5.36. The van der Waals surface area contributed by atoms with Crippen LogP contribution in [0.25, 0.3) is 0 Å². The molecule has 2 nitrogen and oxygen atoms in total. The molecule has 0 fully saturated rings. The van der Waals surface area contributed by atoms with Gasteiger partial charge in [-0.05, 0) is 41.1 Å². The molecule has 1 N–H and O–H groups in total. The highest BCUT2D eigenvalue weighted by Gasteiger charge is 2.04. The van der Waals surface area contributed by atoms with Crippen LogP contribution in [-0.4, -0.2) is 4.98 Å². The van der Waals surface area contributed by atoms with E-state index in [4.69, 9.17) is 0 Å². The van der Waals surface area contributed by atoms with E-state index in [2.05, 4.69) is 26.2 Å². The Morgan fingerprint density at radius 3 is 2.94 bits per heavy atom. The maximum absolute atomic E-state index is 12.9. The Morgan fingerprint density at radius 1 is 1.50 bits per heavy atom. The molecule has 0 saturated carbocycles. The molecule has 0 unspecified atom stereocenters. The molecule has 0 aliphatic heterocycles. The Kier molecular flexibility index (Phi) is 3.56. The molecule has 0 aliphatic carbocycles. The first-order valence-electron chi connectivity index (χ1n) is 4.74. The maximum Gasteiger partial charge on any atom is 0.124 e. The molecule has 0 bridgehead atoms. The molecule has 0 aliphatic rings. The SMILES string of the molecule is Cc1ncsc1CNc1ccc(F)cc1Br. The summed E-state index contributed by atoms with van der Waals surface area (Å²) in [6.07, 6.45) is 0. The molecule has 1 aromatic heterocycles. The van der Waals surface area contributed by atoms with Gasteiger partial charge in [-0.3, -0.25) is 0 Å². The van der Waals surface area contributed by atoms with Crippen molar-refractivity contribution >= 4 is 33.0 Å². The van der Waals surface area contributed by atoms with Crippen molar-refractivity contribution in [2.45, 2.75) is 13.5 Å². The van der Waals surface area contributed by atoms with Gasteiger partial charge in [-0.2, -0.15) is 0 Å². The van der Waals surface area contributed by atoms with Crippen molar-refractivity contribution in [3.05, 3.63) is 44.6 Å². The number of aromatic nitrogens is 1.